The van der Waals surface area contributed by atoms with Gasteiger partial charge in [0.2, 0.25) is 0 Å². The van der Waals surface area contributed by atoms with Gasteiger partial charge in [0.25, 0.3) is 5.91 Å². The van der Waals surface area contributed by atoms with Crippen LogP contribution in [-0.4, -0.2) is 33.3 Å². The summed E-state index contributed by atoms with van der Waals surface area (Å²) in [7, 11) is 3.10. The van der Waals surface area contributed by atoms with Gasteiger partial charge in [-0.15, -0.1) is 0 Å². The van der Waals surface area contributed by atoms with Gasteiger partial charge in [-0.25, -0.2) is 0 Å². The normalized spacial score (nSPS) is 11.7. The number of nitrogens with one attached hydrogen (secondary N) is 1. The minimum absolute atomic E-state index is 0.0342. The summed E-state index contributed by atoms with van der Waals surface area (Å²) in [5, 5.41) is 2.89. The van der Waals surface area contributed by atoms with E-state index in [9.17, 15) is 4.79 Å². The van der Waals surface area contributed by atoms with Crippen molar-refractivity contribution in [2.24, 2.45) is 0 Å². The van der Waals surface area contributed by atoms with Crippen molar-refractivity contribution in [3.63, 3.8) is 0 Å². The van der Waals surface area contributed by atoms with Gasteiger partial charge in [-0.05, 0) is 47.0 Å². The standard InChI is InChI=1S/C20H24BrNO4/c1-14(15-8-5-4-6-9-15)26-11-7-10-22-20(23)16-12-17(24-2)19(21)18(13-16)25-3/h4-6,8-9,12-14H,7,10-11H2,1-3H3,(H,22,23). The molecule has 0 fully saturated rings. The molecule has 0 heterocycles. The fourth-order valence-corrected chi connectivity index (χ4v) is 3.01. The van der Waals surface area contributed by atoms with Crippen LogP contribution in [0.15, 0.2) is 46.9 Å². The molecule has 0 aromatic heterocycles. The van der Waals surface area contributed by atoms with Gasteiger partial charge in [-0.3, -0.25) is 4.79 Å². The van der Waals surface area contributed by atoms with Crippen LogP contribution in [0.3, 0.4) is 0 Å². The Kier molecular flexibility index (Phi) is 7.94. The van der Waals surface area contributed by atoms with E-state index in [0.717, 1.165) is 12.0 Å². The molecule has 0 radical (unpaired) electrons. The molecule has 1 amide bonds. The minimum atomic E-state index is -0.176. The molecule has 26 heavy (non-hydrogen) atoms. The molecular weight excluding hydrogens is 398 g/mol. The highest BCUT2D eigenvalue weighted by Gasteiger charge is 2.14. The number of hydrogen-bond acceptors (Lipinski definition) is 4. The second-order valence-corrected chi connectivity index (χ2v) is 6.52. The Morgan fingerprint density at radius 3 is 2.31 bits per heavy atom. The Morgan fingerprint density at radius 1 is 1.12 bits per heavy atom. The number of hydrogen-bond donors (Lipinski definition) is 1. The number of halogens is 1. The first-order chi connectivity index (χ1) is 12.6. The van der Waals surface area contributed by atoms with Crippen molar-refractivity contribution in [1.29, 1.82) is 0 Å². The maximum atomic E-state index is 12.3. The summed E-state index contributed by atoms with van der Waals surface area (Å²) in [6.45, 7) is 3.12. The lowest BCUT2D eigenvalue weighted by atomic mass is 10.1. The summed E-state index contributed by atoms with van der Waals surface area (Å²) in [6.07, 6.45) is 0.764. The molecule has 0 aliphatic carbocycles. The fourth-order valence-electron chi connectivity index (χ4n) is 2.46. The van der Waals surface area contributed by atoms with E-state index < -0.39 is 0 Å². The van der Waals surface area contributed by atoms with Gasteiger partial charge in [0.15, 0.2) is 0 Å². The van der Waals surface area contributed by atoms with Crippen LogP contribution in [0.2, 0.25) is 0 Å². The molecule has 2 rings (SSSR count). The van der Waals surface area contributed by atoms with Gasteiger partial charge < -0.3 is 19.5 Å². The van der Waals surface area contributed by atoms with Crippen molar-refractivity contribution >= 4 is 21.8 Å². The van der Waals surface area contributed by atoms with Crippen molar-refractivity contribution in [2.45, 2.75) is 19.4 Å². The smallest absolute Gasteiger partial charge is 0.251 e. The molecule has 2 aromatic carbocycles. The zero-order valence-corrected chi connectivity index (χ0v) is 16.8. The van der Waals surface area contributed by atoms with Gasteiger partial charge in [0.05, 0.1) is 20.3 Å². The van der Waals surface area contributed by atoms with Crippen molar-refractivity contribution in [3.05, 3.63) is 58.1 Å². The van der Waals surface area contributed by atoms with Gasteiger partial charge in [-0.2, -0.15) is 0 Å². The first-order valence-electron chi connectivity index (χ1n) is 8.43. The van der Waals surface area contributed by atoms with Crippen LogP contribution in [-0.2, 0) is 4.74 Å². The molecule has 0 saturated heterocycles. The zero-order valence-electron chi connectivity index (χ0n) is 15.3. The average Bonchev–Trinajstić information content (AvgIpc) is 2.68. The van der Waals surface area contributed by atoms with Crippen LogP contribution in [0.5, 0.6) is 11.5 Å². The summed E-state index contributed by atoms with van der Waals surface area (Å²) in [4.78, 5) is 12.3. The Morgan fingerprint density at radius 2 is 1.73 bits per heavy atom. The number of benzene rings is 2. The lowest BCUT2D eigenvalue weighted by Gasteiger charge is -2.14. The predicted molar refractivity (Wildman–Crippen MR) is 105 cm³/mol. The summed E-state index contributed by atoms with van der Waals surface area (Å²) in [5.41, 5.74) is 1.63. The summed E-state index contributed by atoms with van der Waals surface area (Å²) in [5.74, 6) is 0.925. The maximum Gasteiger partial charge on any atom is 0.251 e. The molecule has 0 bridgehead atoms. The highest BCUT2D eigenvalue weighted by atomic mass is 79.9. The second-order valence-electron chi connectivity index (χ2n) is 5.73. The molecule has 1 atom stereocenters. The van der Waals surface area contributed by atoms with Crippen LogP contribution in [0.25, 0.3) is 0 Å². The lowest BCUT2D eigenvalue weighted by molar-refractivity contribution is 0.0635. The highest BCUT2D eigenvalue weighted by Crippen LogP contribution is 2.35. The third kappa shape index (κ3) is 5.47. The molecule has 6 heteroatoms. The van der Waals surface area contributed by atoms with Gasteiger partial charge in [0.1, 0.15) is 16.0 Å². The Bertz CT molecular complexity index is 696. The van der Waals surface area contributed by atoms with E-state index in [4.69, 9.17) is 14.2 Å². The summed E-state index contributed by atoms with van der Waals surface area (Å²) < 4.78 is 17.0. The topological polar surface area (TPSA) is 56.8 Å². The number of rotatable bonds is 9. The largest absolute Gasteiger partial charge is 0.495 e. The molecule has 140 valence electrons. The molecule has 2 aromatic rings. The minimum Gasteiger partial charge on any atom is -0.495 e. The van der Waals surface area contributed by atoms with E-state index in [0.29, 0.717) is 34.7 Å². The van der Waals surface area contributed by atoms with Crippen molar-refractivity contribution < 1.29 is 19.0 Å². The van der Waals surface area contributed by atoms with E-state index in [2.05, 4.69) is 21.2 Å². The monoisotopic (exact) mass is 421 g/mol. The molecule has 0 saturated carbocycles. The Hall–Kier alpha value is -2.05. The van der Waals surface area contributed by atoms with Crippen molar-refractivity contribution in [3.8, 4) is 11.5 Å². The van der Waals surface area contributed by atoms with Crippen LogP contribution < -0.4 is 14.8 Å². The third-order valence-corrected chi connectivity index (χ3v) is 4.73. The van der Waals surface area contributed by atoms with Crippen molar-refractivity contribution in [1.82, 2.24) is 5.32 Å². The van der Waals surface area contributed by atoms with E-state index in [1.54, 1.807) is 26.4 Å². The highest BCUT2D eigenvalue weighted by molar-refractivity contribution is 9.10. The molecule has 0 aliphatic rings. The van der Waals surface area contributed by atoms with E-state index in [-0.39, 0.29) is 12.0 Å². The van der Waals surface area contributed by atoms with Gasteiger partial charge in [0, 0.05) is 18.7 Å². The summed E-state index contributed by atoms with van der Waals surface area (Å²) >= 11 is 3.39. The molecule has 0 spiro atoms. The first kappa shape index (κ1) is 20.3. The van der Waals surface area contributed by atoms with Crippen molar-refractivity contribution in [2.75, 3.05) is 27.4 Å². The predicted octanol–water partition coefficient (Wildman–Crippen LogP) is 4.36. The molecule has 1 unspecified atom stereocenters. The van der Waals surface area contributed by atoms with Gasteiger partial charge >= 0.3 is 0 Å². The van der Waals surface area contributed by atoms with E-state index in [1.807, 2.05) is 37.3 Å². The number of ether oxygens (including phenoxy) is 3. The first-order valence-corrected chi connectivity index (χ1v) is 9.22. The van der Waals surface area contributed by atoms with Crippen LogP contribution in [0.4, 0.5) is 0 Å². The van der Waals surface area contributed by atoms with Gasteiger partial charge in [-0.1, -0.05) is 30.3 Å². The zero-order chi connectivity index (χ0) is 18.9. The maximum absolute atomic E-state index is 12.3. The van der Waals surface area contributed by atoms with Crippen LogP contribution in [0.1, 0.15) is 35.4 Å². The van der Waals surface area contributed by atoms with E-state index >= 15 is 0 Å². The SMILES string of the molecule is COc1cc(C(=O)NCCCOC(C)c2ccccc2)cc(OC)c1Br. The average molecular weight is 422 g/mol. The fraction of sp³-hybridized carbons (Fsp3) is 0.350. The number of carbonyl (C=O) groups is 1. The summed E-state index contributed by atoms with van der Waals surface area (Å²) in [6, 6.07) is 13.4. The quantitative estimate of drug-likeness (QED) is 0.610. The number of methoxy groups -OCH3 is 2. The molecule has 5 nitrogen and oxygen atoms in total. The Balaban J connectivity index is 1.80. The molecular formula is C20H24BrNO4. The second kappa shape index (κ2) is 10.2. The Labute approximate surface area is 162 Å². The third-order valence-electron chi connectivity index (χ3n) is 3.95. The number of carbonyl (C=O) groups excluding carboxylic acids is 1. The van der Waals surface area contributed by atoms with E-state index in [1.165, 1.54) is 0 Å². The van der Waals surface area contributed by atoms with Crippen LogP contribution in [0, 0.1) is 0 Å². The molecule has 1 N–H and O–H groups in total. The lowest BCUT2D eigenvalue weighted by Crippen LogP contribution is -2.25. The number of amides is 1. The van der Waals surface area contributed by atoms with Crippen LogP contribution >= 0.6 is 15.9 Å². The molecule has 0 aliphatic heterocycles.